The molecular formula is C17H23N5OS. The molecule has 0 atom stereocenters. The van der Waals surface area contributed by atoms with Gasteiger partial charge in [0.2, 0.25) is 0 Å². The predicted molar refractivity (Wildman–Crippen MR) is 98.3 cm³/mol. The highest BCUT2D eigenvalue weighted by molar-refractivity contribution is 7.11. The molecule has 0 saturated carbocycles. The molecule has 128 valence electrons. The quantitative estimate of drug-likeness (QED) is 0.553. The van der Waals surface area contributed by atoms with Crippen molar-refractivity contribution in [3.05, 3.63) is 51.5 Å². The van der Waals surface area contributed by atoms with Crippen molar-refractivity contribution >= 4 is 23.2 Å². The van der Waals surface area contributed by atoms with Gasteiger partial charge < -0.3 is 16.0 Å². The number of aromatic nitrogens is 1. The van der Waals surface area contributed by atoms with Crippen LogP contribution in [0.15, 0.2) is 35.5 Å². The number of rotatable bonds is 6. The molecule has 7 heteroatoms. The molecule has 1 aromatic heterocycles. The Kier molecular flexibility index (Phi) is 6.74. The van der Waals surface area contributed by atoms with E-state index in [1.807, 2.05) is 38.2 Å². The first-order valence-corrected chi connectivity index (χ1v) is 8.68. The third kappa shape index (κ3) is 5.34. The summed E-state index contributed by atoms with van der Waals surface area (Å²) in [6.07, 6.45) is 1.87. The molecule has 3 N–H and O–H groups in total. The van der Waals surface area contributed by atoms with E-state index in [0.717, 1.165) is 23.1 Å². The van der Waals surface area contributed by atoms with Crippen molar-refractivity contribution in [1.82, 2.24) is 20.9 Å². The molecule has 2 aromatic rings. The highest BCUT2D eigenvalue weighted by atomic mass is 32.1. The molecule has 1 aromatic carbocycles. The van der Waals surface area contributed by atoms with Gasteiger partial charge in [-0.3, -0.25) is 4.79 Å². The maximum absolute atomic E-state index is 11.7. The fraction of sp³-hybridized carbons (Fsp3) is 0.353. The van der Waals surface area contributed by atoms with Gasteiger partial charge in [0, 0.05) is 30.2 Å². The number of carbonyl (C=O) groups excluding carboxylic acids is 1. The number of carbonyl (C=O) groups is 1. The average molecular weight is 345 g/mol. The van der Waals surface area contributed by atoms with Gasteiger partial charge in [-0.15, -0.1) is 11.3 Å². The molecule has 2 rings (SSSR count). The van der Waals surface area contributed by atoms with Crippen LogP contribution in [0.4, 0.5) is 0 Å². The van der Waals surface area contributed by atoms with Crippen LogP contribution in [0.2, 0.25) is 0 Å². The van der Waals surface area contributed by atoms with Crippen molar-refractivity contribution in [2.45, 2.75) is 26.9 Å². The fourth-order valence-electron chi connectivity index (χ4n) is 2.11. The maximum atomic E-state index is 11.7. The van der Waals surface area contributed by atoms with Crippen molar-refractivity contribution in [2.24, 2.45) is 4.99 Å². The van der Waals surface area contributed by atoms with Crippen molar-refractivity contribution in [3.8, 4) is 0 Å². The Hall–Kier alpha value is -2.41. The molecule has 1 amide bonds. The summed E-state index contributed by atoms with van der Waals surface area (Å²) in [5.74, 6) is 0.640. The topological polar surface area (TPSA) is 78.4 Å². The molecule has 6 nitrogen and oxygen atoms in total. The number of aliphatic imine (C=N–C) groups is 1. The Balaban J connectivity index is 2.00. The summed E-state index contributed by atoms with van der Waals surface area (Å²) in [5, 5.41) is 10.1. The Morgan fingerprint density at radius 1 is 1.33 bits per heavy atom. The number of thiazole rings is 1. The number of guanidine groups is 1. The minimum atomic E-state index is -0.0926. The van der Waals surface area contributed by atoms with Crippen LogP contribution in [0.3, 0.4) is 0 Å². The fourth-order valence-corrected chi connectivity index (χ4v) is 2.84. The van der Waals surface area contributed by atoms with E-state index in [0.29, 0.717) is 18.7 Å². The van der Waals surface area contributed by atoms with Crippen molar-refractivity contribution in [2.75, 3.05) is 13.6 Å². The molecule has 0 spiro atoms. The van der Waals surface area contributed by atoms with Gasteiger partial charge in [-0.2, -0.15) is 0 Å². The van der Waals surface area contributed by atoms with E-state index in [4.69, 9.17) is 0 Å². The number of amides is 1. The van der Waals surface area contributed by atoms with Crippen LogP contribution in [0.25, 0.3) is 0 Å². The molecule has 0 saturated heterocycles. The average Bonchev–Trinajstić information content (AvgIpc) is 3.02. The van der Waals surface area contributed by atoms with Crippen molar-refractivity contribution in [3.63, 3.8) is 0 Å². The van der Waals surface area contributed by atoms with Crippen LogP contribution in [0, 0.1) is 6.92 Å². The molecule has 24 heavy (non-hydrogen) atoms. The van der Waals surface area contributed by atoms with E-state index in [-0.39, 0.29) is 5.91 Å². The number of nitrogens with zero attached hydrogens (tertiary/aromatic N) is 2. The Bertz CT molecular complexity index is 711. The van der Waals surface area contributed by atoms with Gasteiger partial charge in [0.25, 0.3) is 5.91 Å². The Morgan fingerprint density at radius 2 is 2.17 bits per heavy atom. The summed E-state index contributed by atoms with van der Waals surface area (Å²) >= 11 is 1.67. The summed E-state index contributed by atoms with van der Waals surface area (Å²) in [7, 11) is 1.63. The summed E-state index contributed by atoms with van der Waals surface area (Å²) in [6.45, 7) is 5.98. The van der Waals surface area contributed by atoms with Crippen LogP contribution < -0.4 is 16.0 Å². The summed E-state index contributed by atoms with van der Waals surface area (Å²) in [4.78, 5) is 21.8. The van der Waals surface area contributed by atoms with Gasteiger partial charge >= 0.3 is 0 Å². The zero-order valence-corrected chi connectivity index (χ0v) is 15.0. The van der Waals surface area contributed by atoms with Crippen LogP contribution in [0.5, 0.6) is 0 Å². The zero-order chi connectivity index (χ0) is 17.4. The first-order valence-electron chi connectivity index (χ1n) is 7.87. The van der Waals surface area contributed by atoms with E-state index in [9.17, 15) is 4.79 Å². The van der Waals surface area contributed by atoms with Gasteiger partial charge in [-0.1, -0.05) is 12.1 Å². The Labute approximate surface area is 146 Å². The second kappa shape index (κ2) is 9.02. The molecule has 0 unspecified atom stereocenters. The van der Waals surface area contributed by atoms with E-state index in [1.54, 1.807) is 24.5 Å². The van der Waals surface area contributed by atoms with E-state index in [2.05, 4.69) is 25.9 Å². The lowest BCUT2D eigenvalue weighted by atomic mass is 10.1. The number of hydrogen-bond acceptors (Lipinski definition) is 4. The van der Waals surface area contributed by atoms with E-state index < -0.39 is 0 Å². The van der Waals surface area contributed by atoms with Crippen molar-refractivity contribution in [1.29, 1.82) is 0 Å². The number of aryl methyl sites for hydroxylation is 1. The van der Waals surface area contributed by atoms with Gasteiger partial charge in [0.05, 0.1) is 13.1 Å². The molecule has 0 radical (unpaired) electrons. The molecule has 1 heterocycles. The predicted octanol–water partition coefficient (Wildman–Crippen LogP) is 2.07. The van der Waals surface area contributed by atoms with Gasteiger partial charge in [0.15, 0.2) is 5.96 Å². The molecular weight excluding hydrogens is 322 g/mol. The first-order chi connectivity index (χ1) is 11.6. The van der Waals surface area contributed by atoms with E-state index >= 15 is 0 Å². The van der Waals surface area contributed by atoms with Gasteiger partial charge in [0.1, 0.15) is 5.01 Å². The van der Waals surface area contributed by atoms with Crippen molar-refractivity contribution < 1.29 is 4.79 Å². The highest BCUT2D eigenvalue weighted by Crippen LogP contribution is 2.10. The minimum absolute atomic E-state index is 0.0926. The first kappa shape index (κ1) is 17.9. The number of nitrogens with one attached hydrogen (secondary N) is 3. The smallest absolute Gasteiger partial charge is 0.251 e. The standard InChI is InChI=1S/C17H23N5OS/c1-4-19-17(22-11-15-20-9-12(2)24-15)21-10-13-6-5-7-14(8-13)16(23)18-3/h5-9H,4,10-11H2,1-3H3,(H,18,23)(H2,19,21,22). The van der Waals surface area contributed by atoms with Crippen LogP contribution in [0.1, 0.15) is 32.7 Å². The molecule has 0 aliphatic carbocycles. The second-order valence-electron chi connectivity index (χ2n) is 5.19. The minimum Gasteiger partial charge on any atom is -0.357 e. The highest BCUT2D eigenvalue weighted by Gasteiger charge is 2.04. The lowest BCUT2D eigenvalue weighted by Crippen LogP contribution is -2.36. The van der Waals surface area contributed by atoms with Gasteiger partial charge in [-0.05, 0) is 31.5 Å². The summed E-state index contributed by atoms with van der Waals surface area (Å²) in [5.41, 5.74) is 1.62. The number of benzene rings is 1. The molecule has 0 aliphatic heterocycles. The number of hydrogen-bond donors (Lipinski definition) is 3. The Morgan fingerprint density at radius 3 is 2.83 bits per heavy atom. The van der Waals surface area contributed by atoms with Crippen LogP contribution >= 0.6 is 11.3 Å². The monoisotopic (exact) mass is 345 g/mol. The molecule has 0 aliphatic rings. The molecule has 0 fully saturated rings. The molecule has 0 bridgehead atoms. The normalized spacial score (nSPS) is 11.2. The third-order valence-corrected chi connectivity index (χ3v) is 4.17. The van der Waals surface area contributed by atoms with Gasteiger partial charge in [-0.25, -0.2) is 9.98 Å². The SMILES string of the molecule is CCNC(=NCc1cccc(C(=O)NC)c1)NCc1ncc(C)s1. The summed E-state index contributed by atoms with van der Waals surface area (Å²) < 4.78 is 0. The lowest BCUT2D eigenvalue weighted by molar-refractivity contribution is 0.0963. The summed E-state index contributed by atoms with van der Waals surface area (Å²) in [6, 6.07) is 7.48. The second-order valence-corrected chi connectivity index (χ2v) is 6.51. The third-order valence-electron chi connectivity index (χ3n) is 3.26. The van der Waals surface area contributed by atoms with E-state index in [1.165, 1.54) is 4.88 Å². The lowest BCUT2D eigenvalue weighted by Gasteiger charge is -2.10. The van der Waals surface area contributed by atoms with Crippen LogP contribution in [-0.4, -0.2) is 30.4 Å². The maximum Gasteiger partial charge on any atom is 0.251 e. The largest absolute Gasteiger partial charge is 0.357 e. The van der Waals surface area contributed by atoms with Crippen LogP contribution in [-0.2, 0) is 13.1 Å². The zero-order valence-electron chi connectivity index (χ0n) is 14.2.